The van der Waals surface area contributed by atoms with Crippen molar-refractivity contribution >= 4 is 21.6 Å². The molecule has 1 unspecified atom stereocenters. The number of anilines is 1. The van der Waals surface area contributed by atoms with Crippen LogP contribution in [0.2, 0.25) is 0 Å². The molecule has 0 saturated carbocycles. The minimum absolute atomic E-state index is 0.221. The Labute approximate surface area is 158 Å². The largest absolute Gasteiger partial charge is 0.486 e. The first-order valence-corrected chi connectivity index (χ1v) is 10.4. The van der Waals surface area contributed by atoms with E-state index in [1.54, 1.807) is 31.2 Å². The van der Waals surface area contributed by atoms with Crippen molar-refractivity contribution in [3.8, 4) is 11.5 Å². The number of hydrogen-bond acceptors (Lipinski definition) is 5. The third kappa shape index (κ3) is 4.71. The zero-order valence-electron chi connectivity index (χ0n) is 15.2. The van der Waals surface area contributed by atoms with Gasteiger partial charge in [-0.1, -0.05) is 30.3 Å². The molecule has 1 aliphatic heterocycles. The fourth-order valence-corrected chi connectivity index (χ4v) is 3.72. The molecule has 27 heavy (non-hydrogen) atoms. The van der Waals surface area contributed by atoms with Gasteiger partial charge in [0.15, 0.2) is 11.5 Å². The van der Waals surface area contributed by atoms with Crippen LogP contribution in [0.15, 0.2) is 48.5 Å². The molecule has 1 aliphatic rings. The Kier molecular flexibility index (Phi) is 5.55. The number of amides is 1. The highest BCUT2D eigenvalue weighted by Gasteiger charge is 2.24. The molecule has 0 radical (unpaired) electrons. The van der Waals surface area contributed by atoms with Crippen LogP contribution in [0.4, 0.5) is 5.69 Å². The second-order valence-electron chi connectivity index (χ2n) is 6.36. The van der Waals surface area contributed by atoms with Gasteiger partial charge in [0, 0.05) is 0 Å². The van der Waals surface area contributed by atoms with Crippen LogP contribution in [0.3, 0.4) is 0 Å². The Morgan fingerprint density at radius 3 is 2.52 bits per heavy atom. The average molecular weight is 390 g/mol. The maximum absolute atomic E-state index is 12.4. The third-order valence-electron chi connectivity index (χ3n) is 4.17. The van der Waals surface area contributed by atoms with E-state index in [1.807, 2.05) is 24.3 Å². The molecular formula is C19H22N2O5S. The quantitative estimate of drug-likeness (QED) is 0.812. The van der Waals surface area contributed by atoms with Gasteiger partial charge in [-0.25, -0.2) is 8.42 Å². The first-order chi connectivity index (χ1) is 12.8. The lowest BCUT2D eigenvalue weighted by molar-refractivity contribution is -0.120. The number of fused-ring (bicyclic) bond motifs is 1. The molecule has 0 aromatic heterocycles. The molecule has 0 fully saturated rings. The minimum Gasteiger partial charge on any atom is -0.486 e. The molecule has 2 aromatic rings. The molecule has 144 valence electrons. The fraction of sp³-hybridized carbons (Fsp3) is 0.316. The maximum atomic E-state index is 12.4. The van der Waals surface area contributed by atoms with E-state index in [9.17, 15) is 13.2 Å². The van der Waals surface area contributed by atoms with Gasteiger partial charge < -0.3 is 14.8 Å². The summed E-state index contributed by atoms with van der Waals surface area (Å²) in [7, 11) is -3.60. The number of nitrogens with zero attached hydrogens (tertiary/aromatic N) is 1. The van der Waals surface area contributed by atoms with E-state index in [0.29, 0.717) is 23.8 Å². The summed E-state index contributed by atoms with van der Waals surface area (Å²) in [5.74, 6) is 0.884. The highest BCUT2D eigenvalue weighted by molar-refractivity contribution is 7.92. The SMILES string of the molecule is Cc1ccccc1N(CC(=O)NCC1COc2ccccc2O1)S(C)(=O)=O. The number of hydrogen-bond donors (Lipinski definition) is 1. The summed E-state index contributed by atoms with van der Waals surface area (Å²) >= 11 is 0. The van der Waals surface area contributed by atoms with Crippen LogP contribution >= 0.6 is 0 Å². The number of sulfonamides is 1. The maximum Gasteiger partial charge on any atom is 0.240 e. The number of aryl methyl sites for hydroxylation is 1. The van der Waals surface area contributed by atoms with Gasteiger partial charge in [0.2, 0.25) is 15.9 Å². The molecule has 3 rings (SSSR count). The lowest BCUT2D eigenvalue weighted by atomic mass is 10.2. The van der Waals surface area contributed by atoms with Crippen LogP contribution in [0.25, 0.3) is 0 Å². The van der Waals surface area contributed by atoms with E-state index in [4.69, 9.17) is 9.47 Å². The topological polar surface area (TPSA) is 84.9 Å². The van der Waals surface area contributed by atoms with Crippen molar-refractivity contribution in [2.45, 2.75) is 13.0 Å². The predicted molar refractivity (Wildman–Crippen MR) is 103 cm³/mol. The molecule has 0 aliphatic carbocycles. The van der Waals surface area contributed by atoms with Gasteiger partial charge >= 0.3 is 0 Å². The highest BCUT2D eigenvalue weighted by atomic mass is 32.2. The van der Waals surface area contributed by atoms with Crippen LogP contribution in [-0.2, 0) is 14.8 Å². The van der Waals surface area contributed by atoms with Gasteiger partial charge in [-0.3, -0.25) is 9.10 Å². The van der Waals surface area contributed by atoms with Crippen molar-refractivity contribution in [1.82, 2.24) is 5.32 Å². The first-order valence-electron chi connectivity index (χ1n) is 8.53. The van der Waals surface area contributed by atoms with Crippen molar-refractivity contribution in [3.05, 3.63) is 54.1 Å². The Morgan fingerprint density at radius 1 is 1.15 bits per heavy atom. The molecule has 7 nitrogen and oxygen atoms in total. The summed E-state index contributed by atoms with van der Waals surface area (Å²) in [6, 6.07) is 14.4. The van der Waals surface area contributed by atoms with E-state index in [1.165, 1.54) is 0 Å². The van der Waals surface area contributed by atoms with Gasteiger partial charge in [-0.05, 0) is 30.7 Å². The van der Waals surface area contributed by atoms with Crippen LogP contribution in [0.5, 0.6) is 11.5 Å². The number of benzene rings is 2. The molecular weight excluding hydrogens is 368 g/mol. The Balaban J connectivity index is 1.62. The fourth-order valence-electron chi connectivity index (χ4n) is 2.80. The van der Waals surface area contributed by atoms with Crippen LogP contribution < -0.4 is 19.1 Å². The van der Waals surface area contributed by atoms with E-state index < -0.39 is 15.9 Å². The van der Waals surface area contributed by atoms with Gasteiger partial charge in [0.1, 0.15) is 19.3 Å². The van der Waals surface area contributed by atoms with Gasteiger partial charge in [0.25, 0.3) is 0 Å². The lowest BCUT2D eigenvalue weighted by Crippen LogP contribution is -2.45. The van der Waals surface area contributed by atoms with Gasteiger partial charge in [-0.2, -0.15) is 0 Å². The Morgan fingerprint density at radius 2 is 1.81 bits per heavy atom. The summed E-state index contributed by atoms with van der Waals surface area (Å²) in [5.41, 5.74) is 1.26. The molecule has 8 heteroatoms. The van der Waals surface area contributed by atoms with E-state index in [-0.39, 0.29) is 19.2 Å². The molecule has 1 atom stereocenters. The molecule has 0 saturated heterocycles. The molecule has 0 bridgehead atoms. The average Bonchev–Trinajstić information content (AvgIpc) is 2.64. The third-order valence-corrected chi connectivity index (χ3v) is 5.29. The highest BCUT2D eigenvalue weighted by Crippen LogP contribution is 2.30. The van der Waals surface area contributed by atoms with Crippen molar-refractivity contribution in [1.29, 1.82) is 0 Å². The van der Waals surface area contributed by atoms with Crippen molar-refractivity contribution in [2.24, 2.45) is 0 Å². The van der Waals surface area contributed by atoms with Crippen molar-refractivity contribution in [3.63, 3.8) is 0 Å². The van der Waals surface area contributed by atoms with Crippen LogP contribution in [0, 0.1) is 6.92 Å². The molecule has 1 amide bonds. The predicted octanol–water partition coefficient (Wildman–Crippen LogP) is 1.72. The van der Waals surface area contributed by atoms with Gasteiger partial charge in [-0.15, -0.1) is 0 Å². The van der Waals surface area contributed by atoms with E-state index >= 15 is 0 Å². The summed E-state index contributed by atoms with van der Waals surface area (Å²) in [5, 5.41) is 2.72. The van der Waals surface area contributed by atoms with Crippen LogP contribution in [0.1, 0.15) is 5.56 Å². The van der Waals surface area contributed by atoms with E-state index in [0.717, 1.165) is 16.1 Å². The first kappa shape index (κ1) is 19.0. The number of rotatable bonds is 6. The van der Waals surface area contributed by atoms with Crippen LogP contribution in [-0.4, -0.2) is 46.4 Å². The molecule has 0 spiro atoms. The lowest BCUT2D eigenvalue weighted by Gasteiger charge is -2.27. The minimum atomic E-state index is -3.60. The number of nitrogens with one attached hydrogen (secondary N) is 1. The Bertz CT molecular complexity index is 929. The number of carbonyl (C=O) groups is 1. The summed E-state index contributed by atoms with van der Waals surface area (Å²) < 4.78 is 36.8. The zero-order valence-corrected chi connectivity index (χ0v) is 16.0. The summed E-state index contributed by atoms with van der Waals surface area (Å²) in [6.07, 6.45) is 0.746. The molecule has 1 heterocycles. The molecule has 1 N–H and O–H groups in total. The van der Waals surface area contributed by atoms with Crippen molar-refractivity contribution in [2.75, 3.05) is 30.3 Å². The monoisotopic (exact) mass is 390 g/mol. The second kappa shape index (κ2) is 7.87. The number of ether oxygens (including phenoxy) is 2. The smallest absolute Gasteiger partial charge is 0.240 e. The summed E-state index contributed by atoms with van der Waals surface area (Å²) in [4.78, 5) is 12.4. The normalized spacial score (nSPS) is 15.9. The number of carbonyl (C=O) groups excluding carboxylic acids is 1. The molecule has 2 aromatic carbocycles. The second-order valence-corrected chi connectivity index (χ2v) is 8.26. The van der Waals surface area contributed by atoms with Gasteiger partial charge in [0.05, 0.1) is 18.5 Å². The van der Waals surface area contributed by atoms with E-state index in [2.05, 4.69) is 5.32 Å². The standard InChI is InChI=1S/C19H22N2O5S/c1-14-7-3-4-8-16(14)21(27(2,23)24)12-19(22)20-11-15-13-25-17-9-5-6-10-18(17)26-15/h3-10,15H,11-13H2,1-2H3,(H,20,22). The zero-order chi connectivity index (χ0) is 19.4. The van der Waals surface area contributed by atoms with Crippen molar-refractivity contribution < 1.29 is 22.7 Å². The number of para-hydroxylation sites is 3. The Hall–Kier alpha value is -2.74. The summed E-state index contributed by atoms with van der Waals surface area (Å²) in [6.45, 7) is 2.04.